The predicted octanol–water partition coefficient (Wildman–Crippen LogP) is 5.97. The molecule has 3 unspecified atom stereocenters. The standard InChI is InChI=1S/C23H22O/c1-23(14-16-10-11-19(23)12-16)15-24-22-20-8-4-2-6-17(20)13-18-7-3-5-9-21(18)22/h2-11,13,16,19H,12,14-15H2,1H3. The first-order chi connectivity index (χ1) is 11.7. The Hall–Kier alpha value is -2.28. The first kappa shape index (κ1) is 14.1. The van der Waals surface area contributed by atoms with Crippen LogP contribution in [0.2, 0.25) is 0 Å². The Bertz CT molecular complexity index is 901. The van der Waals surface area contributed by atoms with Crippen LogP contribution in [0.4, 0.5) is 0 Å². The molecular weight excluding hydrogens is 292 g/mol. The van der Waals surface area contributed by atoms with Gasteiger partial charge in [-0.1, -0.05) is 67.6 Å². The molecule has 5 rings (SSSR count). The zero-order valence-corrected chi connectivity index (χ0v) is 14.0. The van der Waals surface area contributed by atoms with E-state index in [0.29, 0.717) is 5.92 Å². The summed E-state index contributed by atoms with van der Waals surface area (Å²) in [4.78, 5) is 0. The highest BCUT2D eigenvalue weighted by atomic mass is 16.5. The molecule has 0 N–H and O–H groups in total. The van der Waals surface area contributed by atoms with E-state index < -0.39 is 0 Å². The Morgan fingerprint density at radius 1 is 0.958 bits per heavy atom. The maximum absolute atomic E-state index is 6.54. The van der Waals surface area contributed by atoms with Crippen molar-refractivity contribution in [3.63, 3.8) is 0 Å². The minimum atomic E-state index is 0.275. The minimum absolute atomic E-state index is 0.275. The largest absolute Gasteiger partial charge is 0.492 e. The lowest BCUT2D eigenvalue weighted by Crippen LogP contribution is -2.29. The topological polar surface area (TPSA) is 9.23 Å². The molecule has 120 valence electrons. The summed E-state index contributed by atoms with van der Waals surface area (Å²) < 4.78 is 6.54. The van der Waals surface area contributed by atoms with Gasteiger partial charge in [0.2, 0.25) is 0 Å². The van der Waals surface area contributed by atoms with E-state index in [1.165, 1.54) is 34.4 Å². The van der Waals surface area contributed by atoms with Crippen LogP contribution in [0.3, 0.4) is 0 Å². The van der Waals surface area contributed by atoms with Crippen molar-refractivity contribution >= 4 is 21.5 Å². The SMILES string of the molecule is CC1(COc2c3ccccc3cc3ccccc23)CC2C=CC1C2. The second kappa shape index (κ2) is 5.11. The molecule has 0 aromatic heterocycles. The number of benzene rings is 3. The summed E-state index contributed by atoms with van der Waals surface area (Å²) in [6.07, 6.45) is 7.39. The second-order valence-electron chi connectivity index (χ2n) is 7.78. The molecule has 0 heterocycles. The summed E-state index contributed by atoms with van der Waals surface area (Å²) in [6.45, 7) is 3.20. The maximum Gasteiger partial charge on any atom is 0.134 e. The quantitative estimate of drug-likeness (QED) is 0.427. The van der Waals surface area contributed by atoms with Crippen molar-refractivity contribution in [2.45, 2.75) is 19.8 Å². The molecule has 0 radical (unpaired) electrons. The van der Waals surface area contributed by atoms with Crippen LogP contribution in [0.15, 0.2) is 66.7 Å². The van der Waals surface area contributed by atoms with E-state index in [0.717, 1.165) is 18.3 Å². The highest BCUT2D eigenvalue weighted by Crippen LogP contribution is 2.52. The number of hydrogen-bond donors (Lipinski definition) is 0. The Labute approximate surface area is 142 Å². The molecule has 0 aliphatic heterocycles. The average Bonchev–Trinajstić information content (AvgIpc) is 3.19. The van der Waals surface area contributed by atoms with Crippen LogP contribution in [-0.2, 0) is 0 Å². The van der Waals surface area contributed by atoms with Crippen LogP contribution in [0, 0.1) is 17.3 Å². The molecule has 0 saturated heterocycles. The molecule has 2 bridgehead atoms. The molecule has 0 spiro atoms. The Kier molecular flexibility index (Phi) is 3.00. The number of hydrogen-bond acceptors (Lipinski definition) is 1. The van der Waals surface area contributed by atoms with Crippen molar-refractivity contribution in [1.82, 2.24) is 0 Å². The maximum atomic E-state index is 6.54. The fourth-order valence-corrected chi connectivity index (χ4v) is 4.72. The van der Waals surface area contributed by atoms with E-state index in [1.54, 1.807) is 0 Å². The summed E-state index contributed by atoms with van der Waals surface area (Å²) in [5.41, 5.74) is 0.275. The smallest absolute Gasteiger partial charge is 0.134 e. The van der Waals surface area contributed by atoms with Crippen LogP contribution in [0.25, 0.3) is 21.5 Å². The van der Waals surface area contributed by atoms with Crippen molar-refractivity contribution < 1.29 is 4.74 Å². The van der Waals surface area contributed by atoms with Gasteiger partial charge in [-0.3, -0.25) is 0 Å². The first-order valence-electron chi connectivity index (χ1n) is 8.95. The molecule has 0 amide bonds. The summed E-state index contributed by atoms with van der Waals surface area (Å²) in [7, 11) is 0. The van der Waals surface area contributed by atoms with Crippen molar-refractivity contribution in [1.29, 1.82) is 0 Å². The minimum Gasteiger partial charge on any atom is -0.492 e. The Balaban J connectivity index is 1.58. The van der Waals surface area contributed by atoms with E-state index in [2.05, 4.69) is 73.7 Å². The Morgan fingerprint density at radius 2 is 1.62 bits per heavy atom. The summed E-state index contributed by atoms with van der Waals surface area (Å²) in [6, 6.07) is 19.4. The van der Waals surface area contributed by atoms with E-state index in [1.807, 2.05) is 0 Å². The van der Waals surface area contributed by atoms with Crippen molar-refractivity contribution in [3.05, 3.63) is 66.7 Å². The molecule has 3 aromatic carbocycles. The lowest BCUT2D eigenvalue weighted by Gasteiger charge is -2.31. The van der Waals surface area contributed by atoms with Crippen molar-refractivity contribution in [3.8, 4) is 5.75 Å². The number of ether oxygens (including phenoxy) is 1. The van der Waals surface area contributed by atoms with E-state index in [9.17, 15) is 0 Å². The third kappa shape index (κ3) is 2.07. The third-order valence-electron chi connectivity index (χ3n) is 6.06. The monoisotopic (exact) mass is 314 g/mol. The first-order valence-corrected chi connectivity index (χ1v) is 8.95. The summed E-state index contributed by atoms with van der Waals surface area (Å²) in [5, 5.41) is 4.95. The molecule has 1 nitrogen and oxygen atoms in total. The zero-order chi connectivity index (χ0) is 16.1. The third-order valence-corrected chi connectivity index (χ3v) is 6.06. The molecule has 24 heavy (non-hydrogen) atoms. The molecular formula is C23H22O. The van der Waals surface area contributed by atoms with Gasteiger partial charge in [-0.05, 0) is 41.5 Å². The normalized spacial score (nSPS) is 28.0. The molecule has 2 aliphatic carbocycles. The van der Waals surface area contributed by atoms with Gasteiger partial charge < -0.3 is 4.74 Å². The van der Waals surface area contributed by atoms with Gasteiger partial charge in [0.1, 0.15) is 5.75 Å². The fourth-order valence-electron chi connectivity index (χ4n) is 4.72. The van der Waals surface area contributed by atoms with E-state index >= 15 is 0 Å². The van der Waals surface area contributed by atoms with Gasteiger partial charge in [0.25, 0.3) is 0 Å². The predicted molar refractivity (Wildman–Crippen MR) is 100 cm³/mol. The zero-order valence-electron chi connectivity index (χ0n) is 14.0. The van der Waals surface area contributed by atoms with Gasteiger partial charge in [-0.2, -0.15) is 0 Å². The number of allylic oxidation sites excluding steroid dienone is 2. The van der Waals surface area contributed by atoms with Crippen molar-refractivity contribution in [2.24, 2.45) is 17.3 Å². The van der Waals surface area contributed by atoms with Crippen molar-refractivity contribution in [2.75, 3.05) is 6.61 Å². The number of rotatable bonds is 3. The van der Waals surface area contributed by atoms with Crippen LogP contribution < -0.4 is 4.74 Å². The van der Waals surface area contributed by atoms with Crippen LogP contribution in [0.5, 0.6) is 5.75 Å². The van der Waals surface area contributed by atoms with Gasteiger partial charge in [0.15, 0.2) is 0 Å². The van der Waals surface area contributed by atoms with Crippen LogP contribution in [-0.4, -0.2) is 6.61 Å². The highest BCUT2D eigenvalue weighted by molar-refractivity contribution is 6.05. The molecule has 2 aliphatic rings. The van der Waals surface area contributed by atoms with E-state index in [4.69, 9.17) is 4.74 Å². The molecule has 3 aromatic rings. The van der Waals surface area contributed by atoms with Gasteiger partial charge in [-0.15, -0.1) is 0 Å². The average molecular weight is 314 g/mol. The van der Waals surface area contributed by atoms with Crippen LogP contribution >= 0.6 is 0 Å². The molecule has 3 atom stereocenters. The van der Waals surface area contributed by atoms with E-state index in [-0.39, 0.29) is 5.41 Å². The summed E-state index contributed by atoms with van der Waals surface area (Å²) >= 11 is 0. The molecule has 1 fully saturated rings. The van der Waals surface area contributed by atoms with Gasteiger partial charge in [0, 0.05) is 16.2 Å². The lowest BCUT2D eigenvalue weighted by molar-refractivity contribution is 0.136. The fraction of sp³-hybridized carbons (Fsp3) is 0.304. The second-order valence-corrected chi connectivity index (χ2v) is 7.78. The summed E-state index contributed by atoms with van der Waals surface area (Å²) in [5.74, 6) is 2.51. The highest BCUT2D eigenvalue weighted by Gasteiger charge is 2.45. The van der Waals surface area contributed by atoms with Gasteiger partial charge in [-0.25, -0.2) is 0 Å². The lowest BCUT2D eigenvalue weighted by atomic mass is 9.78. The van der Waals surface area contributed by atoms with Crippen LogP contribution in [0.1, 0.15) is 19.8 Å². The van der Waals surface area contributed by atoms with Gasteiger partial charge >= 0.3 is 0 Å². The Morgan fingerprint density at radius 3 is 2.21 bits per heavy atom. The number of fused-ring (bicyclic) bond motifs is 4. The molecule has 1 saturated carbocycles. The van der Waals surface area contributed by atoms with Gasteiger partial charge in [0.05, 0.1) is 6.61 Å². The molecule has 1 heteroatoms.